The number of anilines is 1. The van der Waals surface area contributed by atoms with Crippen molar-refractivity contribution < 1.29 is 14.3 Å². The SMILES string of the molecule is COC(=O)c1ccc(Cl)c(NC(=O)C2CSCN2)c1. The summed E-state index contributed by atoms with van der Waals surface area (Å²) < 4.78 is 4.63. The molecule has 2 rings (SSSR count). The van der Waals surface area contributed by atoms with Gasteiger partial charge in [0.15, 0.2) is 0 Å². The highest BCUT2D eigenvalue weighted by Crippen LogP contribution is 2.24. The number of thioether (sulfide) groups is 1. The van der Waals surface area contributed by atoms with Gasteiger partial charge in [-0.3, -0.25) is 10.1 Å². The summed E-state index contributed by atoms with van der Waals surface area (Å²) in [6.07, 6.45) is 0. The molecule has 0 radical (unpaired) electrons. The van der Waals surface area contributed by atoms with Gasteiger partial charge in [0.05, 0.1) is 29.4 Å². The lowest BCUT2D eigenvalue weighted by Crippen LogP contribution is -2.37. The molecular weight excluding hydrogens is 288 g/mol. The van der Waals surface area contributed by atoms with Gasteiger partial charge in [-0.15, -0.1) is 11.8 Å². The number of methoxy groups -OCH3 is 1. The molecule has 2 N–H and O–H groups in total. The van der Waals surface area contributed by atoms with E-state index in [1.165, 1.54) is 13.2 Å². The van der Waals surface area contributed by atoms with Crippen LogP contribution in [-0.4, -0.2) is 36.7 Å². The van der Waals surface area contributed by atoms with E-state index in [2.05, 4.69) is 15.4 Å². The number of esters is 1. The third kappa shape index (κ3) is 3.40. The lowest BCUT2D eigenvalue weighted by atomic mass is 10.2. The van der Waals surface area contributed by atoms with Crippen LogP contribution in [0.15, 0.2) is 18.2 Å². The van der Waals surface area contributed by atoms with Gasteiger partial charge in [-0.1, -0.05) is 11.6 Å². The zero-order chi connectivity index (χ0) is 13.8. The second kappa shape index (κ2) is 6.27. The Balaban J connectivity index is 2.14. The molecule has 1 aromatic carbocycles. The van der Waals surface area contributed by atoms with Crippen molar-refractivity contribution >= 4 is 40.9 Å². The molecule has 1 amide bonds. The summed E-state index contributed by atoms with van der Waals surface area (Å²) in [4.78, 5) is 23.4. The highest BCUT2D eigenvalue weighted by Gasteiger charge is 2.23. The van der Waals surface area contributed by atoms with Crippen LogP contribution in [0.25, 0.3) is 0 Å². The van der Waals surface area contributed by atoms with Crippen LogP contribution in [0.4, 0.5) is 5.69 Å². The predicted octanol–water partition coefficient (Wildman–Crippen LogP) is 1.73. The molecule has 0 aromatic heterocycles. The molecule has 1 unspecified atom stereocenters. The summed E-state index contributed by atoms with van der Waals surface area (Å²) in [7, 11) is 1.30. The third-order valence-electron chi connectivity index (χ3n) is 2.68. The summed E-state index contributed by atoms with van der Waals surface area (Å²) >= 11 is 7.66. The molecule has 0 bridgehead atoms. The van der Waals surface area contributed by atoms with Gasteiger partial charge in [-0.25, -0.2) is 4.79 Å². The fourth-order valence-corrected chi connectivity index (χ4v) is 2.76. The molecule has 102 valence electrons. The summed E-state index contributed by atoms with van der Waals surface area (Å²) in [5.41, 5.74) is 0.754. The topological polar surface area (TPSA) is 67.4 Å². The molecule has 1 aliphatic heterocycles. The van der Waals surface area contributed by atoms with Crippen LogP contribution in [0.3, 0.4) is 0 Å². The number of amides is 1. The monoisotopic (exact) mass is 300 g/mol. The largest absolute Gasteiger partial charge is 0.465 e. The van der Waals surface area contributed by atoms with E-state index in [0.29, 0.717) is 16.3 Å². The maximum atomic E-state index is 12.0. The smallest absolute Gasteiger partial charge is 0.337 e. The second-order valence-electron chi connectivity index (χ2n) is 3.95. The number of benzene rings is 1. The molecule has 5 nitrogen and oxygen atoms in total. The number of hydrogen-bond acceptors (Lipinski definition) is 5. The van der Waals surface area contributed by atoms with Crippen LogP contribution in [0, 0.1) is 0 Å². The van der Waals surface area contributed by atoms with Gasteiger partial charge in [-0.05, 0) is 18.2 Å². The van der Waals surface area contributed by atoms with Crippen LogP contribution in [0.2, 0.25) is 5.02 Å². The van der Waals surface area contributed by atoms with Crippen molar-refractivity contribution in [2.24, 2.45) is 0 Å². The maximum Gasteiger partial charge on any atom is 0.337 e. The average Bonchev–Trinajstić information content (AvgIpc) is 2.94. The van der Waals surface area contributed by atoms with Crippen molar-refractivity contribution in [3.63, 3.8) is 0 Å². The molecule has 7 heteroatoms. The molecule has 1 aliphatic rings. The molecule has 0 saturated carbocycles. The van der Waals surface area contributed by atoms with Crippen LogP contribution in [0.5, 0.6) is 0 Å². The zero-order valence-corrected chi connectivity index (χ0v) is 11.8. The van der Waals surface area contributed by atoms with Gasteiger partial charge in [0.2, 0.25) is 5.91 Å². The molecule has 1 atom stereocenters. The van der Waals surface area contributed by atoms with Gasteiger partial charge in [-0.2, -0.15) is 0 Å². The quantitative estimate of drug-likeness (QED) is 0.832. The number of halogens is 1. The van der Waals surface area contributed by atoms with Gasteiger partial charge in [0, 0.05) is 11.6 Å². The first-order valence-electron chi connectivity index (χ1n) is 5.61. The molecule has 0 aliphatic carbocycles. The molecule has 1 aromatic rings. The van der Waals surface area contributed by atoms with Crippen molar-refractivity contribution in [3.8, 4) is 0 Å². The number of hydrogen-bond donors (Lipinski definition) is 2. The Morgan fingerprint density at radius 1 is 1.53 bits per heavy atom. The van der Waals surface area contributed by atoms with Crippen molar-refractivity contribution in [1.29, 1.82) is 0 Å². The lowest BCUT2D eigenvalue weighted by Gasteiger charge is -2.12. The minimum atomic E-state index is -0.471. The van der Waals surface area contributed by atoms with Crippen LogP contribution >= 0.6 is 23.4 Å². The van der Waals surface area contributed by atoms with Crippen LogP contribution < -0.4 is 10.6 Å². The second-order valence-corrected chi connectivity index (χ2v) is 5.38. The lowest BCUT2D eigenvalue weighted by molar-refractivity contribution is -0.117. The first-order chi connectivity index (χ1) is 9.11. The number of nitrogens with one attached hydrogen (secondary N) is 2. The minimum Gasteiger partial charge on any atom is -0.465 e. The number of rotatable bonds is 3. The van der Waals surface area contributed by atoms with Crippen molar-refractivity contribution in [3.05, 3.63) is 28.8 Å². The molecule has 1 fully saturated rings. The molecule has 1 heterocycles. The van der Waals surface area contributed by atoms with Gasteiger partial charge < -0.3 is 10.1 Å². The molecule has 0 spiro atoms. The Kier molecular flexibility index (Phi) is 4.68. The van der Waals surface area contributed by atoms with E-state index < -0.39 is 5.97 Å². The Hall–Kier alpha value is -1.24. The van der Waals surface area contributed by atoms with Gasteiger partial charge in [0.1, 0.15) is 0 Å². The van der Waals surface area contributed by atoms with Gasteiger partial charge in [0.25, 0.3) is 0 Å². The summed E-state index contributed by atoms with van der Waals surface area (Å²) in [5.74, 6) is 0.851. The molecule has 1 saturated heterocycles. The minimum absolute atomic E-state index is 0.158. The third-order valence-corrected chi connectivity index (χ3v) is 3.95. The molecule has 19 heavy (non-hydrogen) atoms. The zero-order valence-electron chi connectivity index (χ0n) is 10.2. The van der Waals surface area contributed by atoms with E-state index in [1.54, 1.807) is 23.9 Å². The summed E-state index contributed by atoms with van der Waals surface area (Å²) in [6.45, 7) is 0. The maximum absolute atomic E-state index is 12.0. The number of ether oxygens (including phenoxy) is 1. The Morgan fingerprint density at radius 2 is 2.32 bits per heavy atom. The summed E-state index contributed by atoms with van der Waals surface area (Å²) in [5, 5.41) is 6.16. The molecular formula is C12H13ClN2O3S. The normalized spacial score (nSPS) is 18.1. The van der Waals surface area contributed by atoms with Crippen molar-refractivity contribution in [2.45, 2.75) is 6.04 Å². The predicted molar refractivity (Wildman–Crippen MR) is 75.7 cm³/mol. The fraction of sp³-hybridized carbons (Fsp3) is 0.333. The number of carbonyl (C=O) groups is 2. The van der Waals surface area contributed by atoms with E-state index >= 15 is 0 Å². The standard InChI is InChI=1S/C12H13ClN2O3S/c1-18-12(17)7-2-3-8(13)9(4-7)15-11(16)10-5-19-6-14-10/h2-4,10,14H,5-6H2,1H3,(H,15,16). The fourth-order valence-electron chi connectivity index (χ4n) is 1.65. The van der Waals surface area contributed by atoms with Crippen molar-refractivity contribution in [1.82, 2.24) is 5.32 Å². The number of carbonyl (C=O) groups excluding carboxylic acids is 2. The first kappa shape index (κ1) is 14.2. The highest BCUT2D eigenvalue weighted by atomic mass is 35.5. The van der Waals surface area contributed by atoms with E-state index in [1.807, 2.05) is 0 Å². The average molecular weight is 301 g/mol. The van der Waals surface area contributed by atoms with E-state index in [4.69, 9.17) is 11.6 Å². The van der Waals surface area contributed by atoms with E-state index in [-0.39, 0.29) is 11.9 Å². The van der Waals surface area contributed by atoms with E-state index in [0.717, 1.165) is 11.6 Å². The van der Waals surface area contributed by atoms with E-state index in [9.17, 15) is 9.59 Å². The van der Waals surface area contributed by atoms with Gasteiger partial charge >= 0.3 is 5.97 Å². The Labute approximate surface area is 120 Å². The summed E-state index contributed by atoms with van der Waals surface area (Å²) in [6, 6.07) is 4.38. The first-order valence-corrected chi connectivity index (χ1v) is 7.15. The Bertz CT molecular complexity index is 504. The Morgan fingerprint density at radius 3 is 2.95 bits per heavy atom. The van der Waals surface area contributed by atoms with Crippen LogP contribution in [-0.2, 0) is 9.53 Å². The highest BCUT2D eigenvalue weighted by molar-refractivity contribution is 7.99. The van der Waals surface area contributed by atoms with Crippen LogP contribution in [0.1, 0.15) is 10.4 Å². The van der Waals surface area contributed by atoms with Crippen molar-refractivity contribution in [2.75, 3.05) is 24.1 Å².